The van der Waals surface area contributed by atoms with Crippen molar-refractivity contribution in [2.24, 2.45) is 5.92 Å². The third-order valence-corrected chi connectivity index (χ3v) is 3.78. The van der Waals surface area contributed by atoms with Crippen molar-refractivity contribution >= 4 is 0 Å². The highest BCUT2D eigenvalue weighted by Crippen LogP contribution is 2.32. The van der Waals surface area contributed by atoms with Gasteiger partial charge in [0.05, 0.1) is 0 Å². The lowest BCUT2D eigenvalue weighted by Gasteiger charge is -2.17. The van der Waals surface area contributed by atoms with Gasteiger partial charge in [0.1, 0.15) is 18.5 Å². The molecule has 0 radical (unpaired) electrons. The van der Waals surface area contributed by atoms with Crippen LogP contribution in [-0.4, -0.2) is 30.4 Å². The summed E-state index contributed by atoms with van der Waals surface area (Å²) < 4.78 is 5.59. The van der Waals surface area contributed by atoms with Crippen LogP contribution in [0.5, 0.6) is 5.75 Å². The van der Waals surface area contributed by atoms with Crippen molar-refractivity contribution < 1.29 is 9.84 Å². The van der Waals surface area contributed by atoms with Crippen molar-refractivity contribution in [2.45, 2.75) is 45.3 Å². The average molecular weight is 263 g/mol. The Balaban J connectivity index is 1.65. The summed E-state index contributed by atoms with van der Waals surface area (Å²) in [7, 11) is 0. The van der Waals surface area contributed by atoms with Crippen LogP contribution in [0.3, 0.4) is 0 Å². The standard InChI is InChI=1S/C16H25NO2/c1-3-13-4-8-16(9-5-13)19-11-15(18)10-17-12(2)14-6-7-14/h4-5,8-9,12,14-15,17-18H,3,6-7,10-11H2,1-2H3. The van der Waals surface area contributed by atoms with Crippen LogP contribution in [0.25, 0.3) is 0 Å². The molecule has 1 fully saturated rings. The van der Waals surface area contributed by atoms with E-state index in [9.17, 15) is 5.11 Å². The quantitative estimate of drug-likeness (QED) is 0.756. The van der Waals surface area contributed by atoms with E-state index in [1.807, 2.05) is 12.1 Å². The lowest BCUT2D eigenvalue weighted by Crippen LogP contribution is -2.37. The molecule has 3 heteroatoms. The van der Waals surface area contributed by atoms with E-state index < -0.39 is 6.10 Å². The lowest BCUT2D eigenvalue weighted by molar-refractivity contribution is 0.103. The first-order valence-corrected chi connectivity index (χ1v) is 7.32. The fourth-order valence-electron chi connectivity index (χ4n) is 2.16. The molecule has 2 rings (SSSR count). The largest absolute Gasteiger partial charge is 0.491 e. The molecule has 0 bridgehead atoms. The molecule has 19 heavy (non-hydrogen) atoms. The Morgan fingerprint density at radius 1 is 1.32 bits per heavy atom. The van der Waals surface area contributed by atoms with Gasteiger partial charge in [-0.2, -0.15) is 0 Å². The minimum absolute atomic E-state index is 0.343. The molecule has 0 amide bonds. The smallest absolute Gasteiger partial charge is 0.119 e. The van der Waals surface area contributed by atoms with Gasteiger partial charge in [0.2, 0.25) is 0 Å². The second kappa shape index (κ2) is 6.92. The van der Waals surface area contributed by atoms with E-state index in [4.69, 9.17) is 4.74 Å². The summed E-state index contributed by atoms with van der Waals surface area (Å²) >= 11 is 0. The fraction of sp³-hybridized carbons (Fsp3) is 0.625. The summed E-state index contributed by atoms with van der Waals surface area (Å²) in [5, 5.41) is 13.2. The molecule has 1 aliphatic rings. The molecule has 0 aromatic heterocycles. The van der Waals surface area contributed by atoms with Crippen molar-refractivity contribution in [1.29, 1.82) is 0 Å². The molecule has 2 unspecified atom stereocenters. The zero-order valence-corrected chi connectivity index (χ0v) is 11.9. The molecule has 0 saturated heterocycles. The molecule has 0 heterocycles. The molecular formula is C16H25NO2. The first-order chi connectivity index (χ1) is 9.19. The number of nitrogens with one attached hydrogen (secondary N) is 1. The van der Waals surface area contributed by atoms with Crippen LogP contribution < -0.4 is 10.1 Å². The van der Waals surface area contributed by atoms with E-state index in [2.05, 4.69) is 31.3 Å². The van der Waals surface area contributed by atoms with Gasteiger partial charge in [0.25, 0.3) is 0 Å². The lowest BCUT2D eigenvalue weighted by atomic mass is 10.2. The van der Waals surface area contributed by atoms with E-state index >= 15 is 0 Å². The number of hydrogen-bond acceptors (Lipinski definition) is 3. The molecule has 3 nitrogen and oxygen atoms in total. The van der Waals surface area contributed by atoms with Crippen molar-refractivity contribution in [1.82, 2.24) is 5.32 Å². The van der Waals surface area contributed by atoms with E-state index in [1.165, 1.54) is 18.4 Å². The van der Waals surface area contributed by atoms with Crippen molar-refractivity contribution in [2.75, 3.05) is 13.2 Å². The Hall–Kier alpha value is -1.06. The maximum atomic E-state index is 9.87. The van der Waals surface area contributed by atoms with E-state index in [0.717, 1.165) is 18.1 Å². The zero-order valence-electron chi connectivity index (χ0n) is 11.9. The van der Waals surface area contributed by atoms with Crippen LogP contribution in [0.1, 0.15) is 32.3 Å². The van der Waals surface area contributed by atoms with Crippen LogP contribution in [0.2, 0.25) is 0 Å². The van der Waals surface area contributed by atoms with Gasteiger partial charge in [-0.15, -0.1) is 0 Å². The van der Waals surface area contributed by atoms with Gasteiger partial charge >= 0.3 is 0 Å². The van der Waals surface area contributed by atoms with Crippen molar-refractivity contribution in [3.63, 3.8) is 0 Å². The SMILES string of the molecule is CCc1ccc(OCC(O)CNC(C)C2CC2)cc1. The Morgan fingerprint density at radius 2 is 2.00 bits per heavy atom. The summed E-state index contributed by atoms with van der Waals surface area (Å²) in [6.45, 7) is 5.27. The topological polar surface area (TPSA) is 41.5 Å². The molecule has 1 aromatic carbocycles. The number of aliphatic hydroxyl groups excluding tert-OH is 1. The van der Waals surface area contributed by atoms with Crippen LogP contribution >= 0.6 is 0 Å². The third-order valence-electron chi connectivity index (χ3n) is 3.78. The van der Waals surface area contributed by atoms with Gasteiger partial charge < -0.3 is 15.2 Å². The van der Waals surface area contributed by atoms with Gasteiger partial charge in [0, 0.05) is 12.6 Å². The highest BCUT2D eigenvalue weighted by molar-refractivity contribution is 5.27. The maximum Gasteiger partial charge on any atom is 0.119 e. The van der Waals surface area contributed by atoms with E-state index in [1.54, 1.807) is 0 Å². The Morgan fingerprint density at radius 3 is 2.58 bits per heavy atom. The molecule has 0 spiro atoms. The van der Waals surface area contributed by atoms with E-state index in [-0.39, 0.29) is 0 Å². The second-order valence-electron chi connectivity index (χ2n) is 5.50. The number of rotatable bonds is 8. The Kier molecular flexibility index (Phi) is 5.23. The summed E-state index contributed by atoms with van der Waals surface area (Å²) in [5.74, 6) is 1.64. The summed E-state index contributed by atoms with van der Waals surface area (Å²) in [6, 6.07) is 8.57. The first kappa shape index (κ1) is 14.4. The average Bonchev–Trinajstić information content (AvgIpc) is 3.27. The van der Waals surface area contributed by atoms with Gasteiger partial charge in [-0.1, -0.05) is 19.1 Å². The summed E-state index contributed by atoms with van der Waals surface area (Å²) in [5.41, 5.74) is 1.30. The number of aliphatic hydroxyl groups is 1. The molecular weight excluding hydrogens is 238 g/mol. The molecule has 106 valence electrons. The molecule has 2 N–H and O–H groups in total. The molecule has 2 atom stereocenters. The summed E-state index contributed by atoms with van der Waals surface area (Å²) in [6.07, 6.45) is 3.23. The Labute approximate surface area is 116 Å². The monoisotopic (exact) mass is 263 g/mol. The second-order valence-corrected chi connectivity index (χ2v) is 5.50. The predicted octanol–water partition coefficient (Wildman–Crippen LogP) is 2.38. The summed E-state index contributed by atoms with van der Waals surface area (Å²) in [4.78, 5) is 0. The van der Waals surface area contributed by atoms with Crippen LogP contribution in [0.15, 0.2) is 24.3 Å². The van der Waals surface area contributed by atoms with Crippen LogP contribution in [-0.2, 0) is 6.42 Å². The molecule has 1 aromatic rings. The van der Waals surface area contributed by atoms with Gasteiger partial charge in [0.15, 0.2) is 0 Å². The number of ether oxygens (including phenoxy) is 1. The molecule has 1 saturated carbocycles. The third kappa shape index (κ3) is 4.84. The highest BCUT2D eigenvalue weighted by atomic mass is 16.5. The minimum Gasteiger partial charge on any atom is -0.491 e. The number of benzene rings is 1. The Bertz CT molecular complexity index is 373. The van der Waals surface area contributed by atoms with Gasteiger partial charge in [-0.3, -0.25) is 0 Å². The zero-order chi connectivity index (χ0) is 13.7. The number of aryl methyl sites for hydroxylation is 1. The van der Waals surface area contributed by atoms with Crippen molar-refractivity contribution in [3.05, 3.63) is 29.8 Å². The highest BCUT2D eigenvalue weighted by Gasteiger charge is 2.27. The molecule has 0 aliphatic heterocycles. The van der Waals surface area contributed by atoms with Gasteiger partial charge in [-0.25, -0.2) is 0 Å². The normalized spacial score (nSPS) is 18.1. The number of hydrogen-bond donors (Lipinski definition) is 2. The van der Waals surface area contributed by atoms with Crippen LogP contribution in [0.4, 0.5) is 0 Å². The minimum atomic E-state index is -0.452. The predicted molar refractivity (Wildman–Crippen MR) is 77.5 cm³/mol. The first-order valence-electron chi connectivity index (χ1n) is 7.32. The van der Waals surface area contributed by atoms with Crippen molar-refractivity contribution in [3.8, 4) is 5.75 Å². The van der Waals surface area contributed by atoms with Gasteiger partial charge in [-0.05, 0) is 49.8 Å². The van der Waals surface area contributed by atoms with E-state index in [0.29, 0.717) is 19.2 Å². The maximum absolute atomic E-state index is 9.87. The molecule has 1 aliphatic carbocycles. The van der Waals surface area contributed by atoms with Crippen LogP contribution in [0, 0.1) is 5.92 Å². The fourth-order valence-corrected chi connectivity index (χ4v) is 2.16.